The first kappa shape index (κ1) is 16.0. The van der Waals surface area contributed by atoms with E-state index < -0.39 is 0 Å². The monoisotopic (exact) mass is 392 g/mol. The molecule has 1 aromatic rings. The van der Waals surface area contributed by atoms with Crippen molar-refractivity contribution in [2.24, 2.45) is 0 Å². The number of ether oxygens (including phenoxy) is 3. The summed E-state index contributed by atoms with van der Waals surface area (Å²) in [5.41, 5.74) is 0.506. The minimum absolute atomic E-state index is 0.276. The molecule has 0 saturated heterocycles. The summed E-state index contributed by atoms with van der Waals surface area (Å²) in [6.45, 7) is 1.95. The molecule has 0 saturated carbocycles. The van der Waals surface area contributed by atoms with Crippen molar-refractivity contribution in [2.45, 2.75) is 6.92 Å². The molecule has 0 spiro atoms. The van der Waals surface area contributed by atoms with Crippen molar-refractivity contribution in [1.29, 1.82) is 0 Å². The zero-order valence-corrected chi connectivity index (χ0v) is 14.0. The average Bonchev–Trinajstić information content (AvgIpc) is 2.40. The molecule has 6 heteroatoms. The first-order chi connectivity index (χ1) is 8.99. The Kier molecular flexibility index (Phi) is 6.37. The molecule has 0 atom stereocenters. The number of hydrogen-bond donors (Lipinski definition) is 0. The molecule has 0 heterocycles. The van der Waals surface area contributed by atoms with E-state index in [0.717, 1.165) is 8.95 Å². The largest absolute Gasteiger partial charge is 0.496 e. The molecule has 0 aromatic heterocycles. The van der Waals surface area contributed by atoms with Gasteiger partial charge in [-0.3, -0.25) is 0 Å². The highest BCUT2D eigenvalue weighted by Gasteiger charge is 2.08. The molecule has 0 radical (unpaired) electrons. The first-order valence-electron chi connectivity index (χ1n) is 5.40. The highest BCUT2D eigenvalue weighted by Crippen LogP contribution is 2.35. The molecular formula is C13H14Br2O4. The Morgan fingerprint density at radius 1 is 1.21 bits per heavy atom. The van der Waals surface area contributed by atoms with Crippen LogP contribution in [-0.2, 0) is 9.53 Å². The standard InChI is InChI=1S/C13H14Br2O4/c1-8(13(16)18-3)4-5-19-12-7-9(14)11(17-2)6-10(12)15/h4,6-7H,5H2,1-3H3. The number of rotatable bonds is 5. The van der Waals surface area contributed by atoms with Gasteiger partial charge in [-0.25, -0.2) is 4.79 Å². The summed E-state index contributed by atoms with van der Waals surface area (Å²) in [4.78, 5) is 11.2. The summed E-state index contributed by atoms with van der Waals surface area (Å²) >= 11 is 6.78. The molecule has 1 rings (SSSR count). The van der Waals surface area contributed by atoms with Gasteiger partial charge in [0.1, 0.15) is 18.1 Å². The Morgan fingerprint density at radius 3 is 2.37 bits per heavy atom. The van der Waals surface area contributed by atoms with Gasteiger partial charge in [0.2, 0.25) is 0 Å². The maximum atomic E-state index is 11.2. The third kappa shape index (κ3) is 4.54. The zero-order chi connectivity index (χ0) is 14.4. The molecule has 1 aromatic carbocycles. The summed E-state index contributed by atoms with van der Waals surface area (Å²) in [7, 11) is 2.94. The van der Waals surface area contributed by atoms with Gasteiger partial charge in [0.15, 0.2) is 0 Å². The predicted molar refractivity (Wildman–Crippen MR) is 79.7 cm³/mol. The topological polar surface area (TPSA) is 44.8 Å². The highest BCUT2D eigenvalue weighted by molar-refractivity contribution is 9.11. The molecule has 0 amide bonds. The summed E-state index contributed by atoms with van der Waals surface area (Å²) in [6, 6.07) is 3.60. The van der Waals surface area contributed by atoms with Crippen LogP contribution in [0, 0.1) is 0 Å². The number of carbonyl (C=O) groups excluding carboxylic acids is 1. The minimum atomic E-state index is -0.362. The Hall–Kier alpha value is -1.01. The third-order valence-electron chi connectivity index (χ3n) is 2.34. The van der Waals surface area contributed by atoms with E-state index in [4.69, 9.17) is 9.47 Å². The maximum Gasteiger partial charge on any atom is 0.333 e. The van der Waals surface area contributed by atoms with Crippen molar-refractivity contribution in [3.05, 3.63) is 32.7 Å². The van der Waals surface area contributed by atoms with Crippen molar-refractivity contribution < 1.29 is 19.0 Å². The van der Waals surface area contributed by atoms with Gasteiger partial charge in [0.25, 0.3) is 0 Å². The Balaban J connectivity index is 2.74. The van der Waals surface area contributed by atoms with Gasteiger partial charge in [-0.05, 0) is 57.0 Å². The molecule has 104 valence electrons. The molecule has 0 aliphatic carbocycles. The van der Waals surface area contributed by atoms with Crippen LogP contribution in [0.15, 0.2) is 32.7 Å². The van der Waals surface area contributed by atoms with Crippen LogP contribution in [0.2, 0.25) is 0 Å². The molecule has 0 unspecified atom stereocenters. The zero-order valence-electron chi connectivity index (χ0n) is 10.8. The number of methoxy groups -OCH3 is 2. The predicted octanol–water partition coefficient (Wildman–Crippen LogP) is 3.72. The fraction of sp³-hybridized carbons (Fsp3) is 0.308. The van der Waals surface area contributed by atoms with Crippen LogP contribution in [0.25, 0.3) is 0 Å². The second-order valence-electron chi connectivity index (χ2n) is 3.61. The Morgan fingerprint density at radius 2 is 1.79 bits per heavy atom. The quantitative estimate of drug-likeness (QED) is 0.564. The second kappa shape index (κ2) is 7.55. The average molecular weight is 394 g/mol. The highest BCUT2D eigenvalue weighted by atomic mass is 79.9. The SMILES string of the molecule is COC(=O)C(C)=CCOc1cc(Br)c(OC)cc1Br. The minimum Gasteiger partial charge on any atom is -0.496 e. The van der Waals surface area contributed by atoms with Gasteiger partial charge >= 0.3 is 5.97 Å². The van der Waals surface area contributed by atoms with E-state index in [1.54, 1.807) is 32.2 Å². The number of carbonyl (C=O) groups is 1. The van der Waals surface area contributed by atoms with Crippen LogP contribution < -0.4 is 9.47 Å². The van der Waals surface area contributed by atoms with Crippen LogP contribution in [0.3, 0.4) is 0 Å². The van der Waals surface area contributed by atoms with Crippen LogP contribution in [0.4, 0.5) is 0 Å². The van der Waals surface area contributed by atoms with Crippen LogP contribution in [-0.4, -0.2) is 26.8 Å². The molecule has 19 heavy (non-hydrogen) atoms. The first-order valence-corrected chi connectivity index (χ1v) is 6.99. The maximum absolute atomic E-state index is 11.2. The lowest BCUT2D eigenvalue weighted by Gasteiger charge is -2.10. The van der Waals surface area contributed by atoms with E-state index in [-0.39, 0.29) is 12.6 Å². The van der Waals surface area contributed by atoms with E-state index in [2.05, 4.69) is 36.6 Å². The van der Waals surface area contributed by atoms with Crippen molar-refractivity contribution >= 4 is 37.8 Å². The summed E-state index contributed by atoms with van der Waals surface area (Å²) in [5, 5.41) is 0. The summed E-state index contributed by atoms with van der Waals surface area (Å²) < 4.78 is 16.9. The number of esters is 1. The van der Waals surface area contributed by atoms with Gasteiger partial charge in [-0.15, -0.1) is 0 Å². The van der Waals surface area contributed by atoms with Crippen molar-refractivity contribution in [3.8, 4) is 11.5 Å². The number of benzene rings is 1. The molecule has 0 aliphatic heterocycles. The number of hydrogen-bond acceptors (Lipinski definition) is 4. The summed E-state index contributed by atoms with van der Waals surface area (Å²) in [5.74, 6) is 1.00. The molecular weight excluding hydrogens is 380 g/mol. The van der Waals surface area contributed by atoms with Gasteiger partial charge in [-0.1, -0.05) is 0 Å². The molecule has 4 nitrogen and oxygen atoms in total. The van der Waals surface area contributed by atoms with Gasteiger partial charge < -0.3 is 14.2 Å². The van der Waals surface area contributed by atoms with E-state index in [0.29, 0.717) is 17.1 Å². The van der Waals surface area contributed by atoms with E-state index in [1.165, 1.54) is 7.11 Å². The fourth-order valence-electron chi connectivity index (χ4n) is 1.28. The normalized spacial score (nSPS) is 11.1. The van der Waals surface area contributed by atoms with Crippen LogP contribution in [0.1, 0.15) is 6.92 Å². The van der Waals surface area contributed by atoms with Gasteiger partial charge in [0, 0.05) is 5.57 Å². The van der Waals surface area contributed by atoms with Crippen molar-refractivity contribution in [3.63, 3.8) is 0 Å². The molecule has 0 aliphatic rings. The molecule has 0 bridgehead atoms. The Labute approximate surface area is 129 Å². The van der Waals surface area contributed by atoms with Crippen LogP contribution >= 0.6 is 31.9 Å². The lowest BCUT2D eigenvalue weighted by molar-refractivity contribution is -0.136. The fourth-order valence-corrected chi connectivity index (χ4v) is 2.20. The lowest BCUT2D eigenvalue weighted by atomic mass is 10.3. The molecule has 0 N–H and O–H groups in total. The van der Waals surface area contributed by atoms with E-state index in [1.807, 2.05) is 0 Å². The van der Waals surface area contributed by atoms with Crippen molar-refractivity contribution in [2.75, 3.05) is 20.8 Å². The number of halogens is 2. The smallest absolute Gasteiger partial charge is 0.333 e. The second-order valence-corrected chi connectivity index (χ2v) is 5.32. The Bertz CT molecular complexity index is 498. The third-order valence-corrected chi connectivity index (χ3v) is 3.58. The van der Waals surface area contributed by atoms with Crippen LogP contribution in [0.5, 0.6) is 11.5 Å². The van der Waals surface area contributed by atoms with E-state index >= 15 is 0 Å². The summed E-state index contributed by atoms with van der Waals surface area (Å²) in [6.07, 6.45) is 1.66. The lowest BCUT2D eigenvalue weighted by Crippen LogP contribution is -2.04. The van der Waals surface area contributed by atoms with E-state index in [9.17, 15) is 4.79 Å². The van der Waals surface area contributed by atoms with Crippen molar-refractivity contribution in [1.82, 2.24) is 0 Å². The van der Waals surface area contributed by atoms with Gasteiger partial charge in [-0.2, -0.15) is 0 Å². The molecule has 0 fully saturated rings. The van der Waals surface area contributed by atoms with Gasteiger partial charge in [0.05, 0.1) is 23.2 Å².